The maximum atomic E-state index is 11.3. The van der Waals surface area contributed by atoms with Crippen molar-refractivity contribution in [1.82, 2.24) is 0 Å². The van der Waals surface area contributed by atoms with Crippen molar-refractivity contribution in [2.75, 3.05) is 0 Å². The third kappa shape index (κ3) is 16.2. The molecule has 0 aromatic rings. The molecule has 0 aromatic carbocycles. The average molecular weight is 597 g/mol. The summed E-state index contributed by atoms with van der Waals surface area (Å²) in [6, 6.07) is 0. The molecular weight excluding hydrogens is 532 g/mol. The SMILES string of the molecule is CCCCCCCCCCCCC(O)C1CCC(C(O)CCCCCC(O)CCCCC(O)CC2=CC(=O)OC2C)O1. The highest BCUT2D eigenvalue weighted by molar-refractivity contribution is 5.85. The van der Waals surface area contributed by atoms with E-state index in [1.54, 1.807) is 0 Å². The molecule has 2 aliphatic rings. The molecule has 1 saturated heterocycles. The van der Waals surface area contributed by atoms with Crippen LogP contribution in [0.4, 0.5) is 0 Å². The second kappa shape index (κ2) is 22.5. The van der Waals surface area contributed by atoms with E-state index < -0.39 is 18.3 Å². The number of aliphatic hydroxyl groups excluding tert-OH is 4. The van der Waals surface area contributed by atoms with Crippen LogP contribution in [0, 0.1) is 0 Å². The topological polar surface area (TPSA) is 116 Å². The summed E-state index contributed by atoms with van der Waals surface area (Å²) in [4.78, 5) is 11.3. The summed E-state index contributed by atoms with van der Waals surface area (Å²) in [6.07, 6.45) is 22.4. The molecule has 0 saturated carbocycles. The highest BCUT2D eigenvalue weighted by Gasteiger charge is 2.34. The fourth-order valence-corrected chi connectivity index (χ4v) is 6.43. The Morgan fingerprint density at radius 1 is 0.667 bits per heavy atom. The lowest BCUT2D eigenvalue weighted by atomic mass is 9.98. The number of rotatable bonds is 26. The fraction of sp³-hybridized carbons (Fsp3) is 0.914. The van der Waals surface area contributed by atoms with Crippen molar-refractivity contribution in [3.05, 3.63) is 11.6 Å². The molecule has 0 aromatic heterocycles. The zero-order valence-corrected chi connectivity index (χ0v) is 26.9. The van der Waals surface area contributed by atoms with E-state index in [1.807, 2.05) is 6.92 Å². The normalized spacial score (nSPS) is 23.5. The summed E-state index contributed by atoms with van der Waals surface area (Å²) in [6.45, 7) is 4.08. The lowest BCUT2D eigenvalue weighted by Gasteiger charge is -2.22. The zero-order chi connectivity index (χ0) is 30.6. The van der Waals surface area contributed by atoms with E-state index in [4.69, 9.17) is 9.47 Å². The van der Waals surface area contributed by atoms with E-state index in [2.05, 4.69) is 6.92 Å². The van der Waals surface area contributed by atoms with Gasteiger partial charge in [0.2, 0.25) is 0 Å². The van der Waals surface area contributed by atoms with E-state index in [9.17, 15) is 25.2 Å². The molecule has 1 fully saturated rings. The van der Waals surface area contributed by atoms with Crippen LogP contribution in [0.15, 0.2) is 11.6 Å². The molecule has 246 valence electrons. The van der Waals surface area contributed by atoms with Gasteiger partial charge in [-0.2, -0.15) is 0 Å². The minimum absolute atomic E-state index is 0.138. The Labute approximate surface area is 256 Å². The Kier molecular flexibility index (Phi) is 19.9. The number of carbonyl (C=O) groups is 1. The molecule has 0 radical (unpaired) electrons. The largest absolute Gasteiger partial charge is 0.455 e. The standard InChI is InChI=1S/C35H64O7/c1-3-4-5-6-7-8-9-10-11-14-21-31(38)33-23-24-34(42-33)32(39)22-15-12-13-18-29(36)19-16-17-20-30(37)25-28-26-35(40)41-27(28)2/h26-27,29-34,36-39H,3-25H2,1-2H3. The van der Waals surface area contributed by atoms with E-state index >= 15 is 0 Å². The van der Waals surface area contributed by atoms with Crippen molar-refractivity contribution in [3.8, 4) is 0 Å². The number of aliphatic hydroxyl groups is 4. The number of cyclic esters (lactones) is 1. The smallest absolute Gasteiger partial charge is 0.331 e. The first-order valence-electron chi connectivity index (χ1n) is 17.6. The number of carbonyl (C=O) groups excluding carboxylic acids is 1. The van der Waals surface area contributed by atoms with Crippen LogP contribution in [0.25, 0.3) is 0 Å². The predicted molar refractivity (Wildman–Crippen MR) is 168 cm³/mol. The van der Waals surface area contributed by atoms with Gasteiger partial charge in [0.15, 0.2) is 0 Å². The summed E-state index contributed by atoms with van der Waals surface area (Å²) < 4.78 is 11.1. The molecule has 42 heavy (non-hydrogen) atoms. The molecule has 4 N–H and O–H groups in total. The number of unbranched alkanes of at least 4 members (excludes halogenated alkanes) is 12. The second-order valence-electron chi connectivity index (χ2n) is 13.1. The lowest BCUT2D eigenvalue weighted by molar-refractivity contribution is -0.138. The van der Waals surface area contributed by atoms with Crippen LogP contribution in [0.5, 0.6) is 0 Å². The second-order valence-corrected chi connectivity index (χ2v) is 13.1. The third-order valence-corrected chi connectivity index (χ3v) is 9.25. The van der Waals surface area contributed by atoms with Crippen LogP contribution in [-0.4, -0.2) is 69.1 Å². The van der Waals surface area contributed by atoms with Gasteiger partial charge in [-0.25, -0.2) is 4.79 Å². The van der Waals surface area contributed by atoms with Gasteiger partial charge in [0.25, 0.3) is 0 Å². The van der Waals surface area contributed by atoms with Crippen molar-refractivity contribution >= 4 is 5.97 Å². The average Bonchev–Trinajstić information content (AvgIpc) is 3.58. The summed E-state index contributed by atoms with van der Waals surface area (Å²) in [5, 5.41) is 41.7. The summed E-state index contributed by atoms with van der Waals surface area (Å²) >= 11 is 0. The molecule has 0 spiro atoms. The predicted octanol–water partition coefficient (Wildman–Crippen LogP) is 7.06. The number of ether oxygens (including phenoxy) is 2. The van der Waals surface area contributed by atoms with Gasteiger partial charge < -0.3 is 29.9 Å². The number of esters is 1. The van der Waals surface area contributed by atoms with Crippen molar-refractivity contribution in [2.45, 2.75) is 204 Å². The maximum Gasteiger partial charge on any atom is 0.331 e. The number of hydrogen-bond donors (Lipinski definition) is 4. The van der Waals surface area contributed by atoms with Crippen LogP contribution in [-0.2, 0) is 14.3 Å². The first-order chi connectivity index (χ1) is 20.3. The molecule has 0 aliphatic carbocycles. The van der Waals surface area contributed by atoms with Gasteiger partial charge >= 0.3 is 5.97 Å². The molecule has 7 heteroatoms. The summed E-state index contributed by atoms with van der Waals surface area (Å²) in [5.74, 6) is -0.326. The molecule has 7 nitrogen and oxygen atoms in total. The van der Waals surface area contributed by atoms with Gasteiger partial charge in [-0.1, -0.05) is 103 Å². The quantitative estimate of drug-likeness (QED) is 0.0624. The van der Waals surface area contributed by atoms with Gasteiger partial charge in [0, 0.05) is 6.08 Å². The summed E-state index contributed by atoms with van der Waals surface area (Å²) in [5.41, 5.74) is 0.856. The third-order valence-electron chi connectivity index (χ3n) is 9.25. The van der Waals surface area contributed by atoms with E-state index in [1.165, 1.54) is 63.9 Å². The Morgan fingerprint density at radius 3 is 1.60 bits per heavy atom. The van der Waals surface area contributed by atoms with Crippen molar-refractivity contribution in [2.24, 2.45) is 0 Å². The lowest BCUT2D eigenvalue weighted by Crippen LogP contribution is -2.31. The van der Waals surface area contributed by atoms with Gasteiger partial charge in [-0.05, 0) is 63.9 Å². The molecule has 2 aliphatic heterocycles. The number of hydrogen-bond acceptors (Lipinski definition) is 7. The van der Waals surface area contributed by atoms with Crippen LogP contribution in [0.1, 0.15) is 162 Å². The van der Waals surface area contributed by atoms with Crippen LogP contribution in [0.2, 0.25) is 0 Å². The molecule has 7 unspecified atom stereocenters. The van der Waals surface area contributed by atoms with Crippen molar-refractivity contribution in [3.63, 3.8) is 0 Å². The zero-order valence-electron chi connectivity index (χ0n) is 26.9. The Hall–Kier alpha value is -0.990. The molecule has 7 atom stereocenters. The van der Waals surface area contributed by atoms with Crippen LogP contribution in [0.3, 0.4) is 0 Å². The molecule has 0 amide bonds. The van der Waals surface area contributed by atoms with Crippen molar-refractivity contribution < 1.29 is 34.7 Å². The van der Waals surface area contributed by atoms with Gasteiger partial charge in [0.1, 0.15) is 6.10 Å². The first kappa shape index (κ1) is 37.2. The van der Waals surface area contributed by atoms with Gasteiger partial charge in [0.05, 0.1) is 36.6 Å². The van der Waals surface area contributed by atoms with Crippen LogP contribution < -0.4 is 0 Å². The highest BCUT2D eigenvalue weighted by atomic mass is 16.5. The monoisotopic (exact) mass is 596 g/mol. The first-order valence-corrected chi connectivity index (χ1v) is 17.6. The highest BCUT2D eigenvalue weighted by Crippen LogP contribution is 2.28. The van der Waals surface area contributed by atoms with E-state index in [-0.39, 0.29) is 30.4 Å². The molecule has 2 rings (SSSR count). The Bertz CT molecular complexity index is 726. The molecular formula is C35H64O7. The molecule has 2 heterocycles. The Balaban J connectivity index is 1.41. The minimum atomic E-state index is -0.483. The molecule has 0 bridgehead atoms. The Morgan fingerprint density at radius 2 is 1.10 bits per heavy atom. The fourth-order valence-electron chi connectivity index (χ4n) is 6.43. The van der Waals surface area contributed by atoms with E-state index in [0.29, 0.717) is 19.3 Å². The van der Waals surface area contributed by atoms with Gasteiger partial charge in [-0.3, -0.25) is 0 Å². The minimum Gasteiger partial charge on any atom is -0.455 e. The van der Waals surface area contributed by atoms with Crippen LogP contribution >= 0.6 is 0 Å². The van der Waals surface area contributed by atoms with E-state index in [0.717, 1.165) is 76.2 Å². The maximum absolute atomic E-state index is 11.3. The summed E-state index contributed by atoms with van der Waals surface area (Å²) in [7, 11) is 0. The van der Waals surface area contributed by atoms with Crippen molar-refractivity contribution in [1.29, 1.82) is 0 Å². The van der Waals surface area contributed by atoms with Gasteiger partial charge in [-0.15, -0.1) is 0 Å².